The van der Waals surface area contributed by atoms with Gasteiger partial charge in [0.15, 0.2) is 0 Å². The zero-order valence-corrected chi connectivity index (χ0v) is 10.8. The molecule has 0 saturated carbocycles. The van der Waals surface area contributed by atoms with Crippen molar-refractivity contribution in [1.82, 2.24) is 5.32 Å². The molecule has 17 heavy (non-hydrogen) atoms. The minimum atomic E-state index is -0.0773. The predicted molar refractivity (Wildman–Crippen MR) is 67.5 cm³/mol. The third kappa shape index (κ3) is 5.04. The molecule has 0 bridgehead atoms. The smallest absolute Gasteiger partial charge is 0.220 e. The number of hydrogen-bond acceptors (Lipinski definition) is 3. The summed E-state index contributed by atoms with van der Waals surface area (Å²) in [5, 5.41) is 2.91. The molecule has 1 aromatic heterocycles. The molecule has 4 nitrogen and oxygen atoms in total. The zero-order valence-electron chi connectivity index (χ0n) is 10.8. The van der Waals surface area contributed by atoms with Crippen molar-refractivity contribution in [3.63, 3.8) is 0 Å². The highest BCUT2D eigenvalue weighted by molar-refractivity contribution is 5.76. The Balaban J connectivity index is 2.31. The first kappa shape index (κ1) is 13.8. The molecule has 0 aromatic carbocycles. The van der Waals surface area contributed by atoms with Crippen LogP contribution in [0.15, 0.2) is 16.5 Å². The van der Waals surface area contributed by atoms with Gasteiger partial charge < -0.3 is 15.5 Å². The molecule has 0 fully saturated rings. The molecular formula is C13H22N2O2. The maximum atomic E-state index is 11.6. The molecule has 0 radical (unpaired) electrons. The van der Waals surface area contributed by atoms with E-state index in [4.69, 9.17) is 10.2 Å². The fraction of sp³-hybridized carbons (Fsp3) is 0.615. The molecule has 3 N–H and O–H groups in total. The molecule has 1 aromatic rings. The minimum absolute atomic E-state index is 0.0483. The van der Waals surface area contributed by atoms with Gasteiger partial charge in [-0.3, -0.25) is 4.79 Å². The molecule has 0 aliphatic carbocycles. The Morgan fingerprint density at radius 3 is 2.71 bits per heavy atom. The fourth-order valence-electron chi connectivity index (χ4n) is 1.66. The van der Waals surface area contributed by atoms with Gasteiger partial charge in [0.05, 0.1) is 6.04 Å². The summed E-state index contributed by atoms with van der Waals surface area (Å²) in [6.45, 7) is 5.76. The van der Waals surface area contributed by atoms with Crippen LogP contribution in [0.1, 0.15) is 50.7 Å². The number of carbonyl (C=O) groups excluding carboxylic acids is 1. The summed E-state index contributed by atoms with van der Waals surface area (Å²) in [6.07, 6.45) is 2.22. The lowest BCUT2D eigenvalue weighted by atomic mass is 10.1. The summed E-state index contributed by atoms with van der Waals surface area (Å²) in [5.74, 6) is 1.70. The van der Waals surface area contributed by atoms with Gasteiger partial charge >= 0.3 is 0 Å². The number of rotatable bonds is 6. The number of hydrogen-bond donors (Lipinski definition) is 2. The van der Waals surface area contributed by atoms with E-state index in [1.54, 1.807) is 0 Å². The third-order valence-corrected chi connectivity index (χ3v) is 2.63. The standard InChI is InChI=1S/C13H22N2O2/c1-9(14)5-4-6-13(16)15-11(3)12-8-7-10(2)17-12/h7-9,11H,4-6,14H2,1-3H3,(H,15,16). The number of nitrogens with one attached hydrogen (secondary N) is 1. The number of aryl methyl sites for hydroxylation is 1. The lowest BCUT2D eigenvalue weighted by Crippen LogP contribution is -2.26. The number of amides is 1. The molecular weight excluding hydrogens is 216 g/mol. The highest BCUT2D eigenvalue weighted by Gasteiger charge is 2.12. The van der Waals surface area contributed by atoms with Crippen molar-refractivity contribution in [3.05, 3.63) is 23.7 Å². The zero-order chi connectivity index (χ0) is 12.8. The van der Waals surface area contributed by atoms with Crippen LogP contribution in [-0.2, 0) is 4.79 Å². The average Bonchev–Trinajstić information content (AvgIpc) is 2.64. The van der Waals surface area contributed by atoms with Crippen LogP contribution in [-0.4, -0.2) is 11.9 Å². The first-order valence-corrected chi connectivity index (χ1v) is 6.10. The summed E-state index contributed by atoms with van der Waals surface area (Å²) < 4.78 is 5.45. The lowest BCUT2D eigenvalue weighted by molar-refractivity contribution is -0.122. The summed E-state index contributed by atoms with van der Waals surface area (Å²) in [7, 11) is 0. The van der Waals surface area contributed by atoms with Crippen molar-refractivity contribution < 1.29 is 9.21 Å². The van der Waals surface area contributed by atoms with Gasteiger partial charge in [-0.2, -0.15) is 0 Å². The molecule has 0 spiro atoms. The Morgan fingerprint density at radius 1 is 1.47 bits per heavy atom. The van der Waals surface area contributed by atoms with Gasteiger partial charge in [-0.15, -0.1) is 0 Å². The van der Waals surface area contributed by atoms with Crippen molar-refractivity contribution >= 4 is 5.91 Å². The highest BCUT2D eigenvalue weighted by atomic mass is 16.3. The average molecular weight is 238 g/mol. The summed E-state index contributed by atoms with van der Waals surface area (Å²) in [5.41, 5.74) is 5.63. The van der Waals surface area contributed by atoms with Crippen molar-refractivity contribution in [2.24, 2.45) is 5.73 Å². The van der Waals surface area contributed by atoms with E-state index < -0.39 is 0 Å². The van der Waals surface area contributed by atoms with E-state index in [9.17, 15) is 4.79 Å². The van der Waals surface area contributed by atoms with Crippen LogP contribution < -0.4 is 11.1 Å². The van der Waals surface area contributed by atoms with Gasteiger partial charge in [-0.1, -0.05) is 0 Å². The van der Waals surface area contributed by atoms with Crippen LogP contribution in [0, 0.1) is 6.92 Å². The Hall–Kier alpha value is -1.29. The monoisotopic (exact) mass is 238 g/mol. The number of furan rings is 1. The minimum Gasteiger partial charge on any atom is -0.464 e. The molecule has 0 saturated heterocycles. The second kappa shape index (κ2) is 6.45. The molecule has 1 amide bonds. The van der Waals surface area contributed by atoms with Gasteiger partial charge in [0.1, 0.15) is 11.5 Å². The Labute approximate surface area is 103 Å². The van der Waals surface area contributed by atoms with Crippen molar-refractivity contribution in [3.8, 4) is 0 Å². The maximum absolute atomic E-state index is 11.6. The Morgan fingerprint density at radius 2 is 2.18 bits per heavy atom. The van der Waals surface area contributed by atoms with Crippen LogP contribution in [0.2, 0.25) is 0 Å². The van der Waals surface area contributed by atoms with E-state index in [-0.39, 0.29) is 18.0 Å². The van der Waals surface area contributed by atoms with Crippen molar-refractivity contribution in [1.29, 1.82) is 0 Å². The molecule has 4 heteroatoms. The Kier molecular flexibility index (Phi) is 5.22. The lowest BCUT2D eigenvalue weighted by Gasteiger charge is -2.11. The molecule has 0 aliphatic rings. The van der Waals surface area contributed by atoms with Gasteiger partial charge in [-0.25, -0.2) is 0 Å². The molecule has 1 heterocycles. The molecule has 96 valence electrons. The highest BCUT2D eigenvalue weighted by Crippen LogP contribution is 2.15. The molecule has 2 unspecified atom stereocenters. The van der Waals surface area contributed by atoms with E-state index in [2.05, 4.69) is 5.32 Å². The fourth-order valence-corrected chi connectivity index (χ4v) is 1.66. The third-order valence-electron chi connectivity index (χ3n) is 2.63. The van der Waals surface area contributed by atoms with Crippen molar-refractivity contribution in [2.75, 3.05) is 0 Å². The SMILES string of the molecule is Cc1ccc(C(C)NC(=O)CCCC(C)N)o1. The first-order chi connectivity index (χ1) is 7.99. The Bertz CT molecular complexity index is 358. The number of nitrogens with two attached hydrogens (primary N) is 1. The van der Waals surface area contributed by atoms with E-state index in [1.165, 1.54) is 0 Å². The first-order valence-electron chi connectivity index (χ1n) is 6.10. The van der Waals surface area contributed by atoms with E-state index >= 15 is 0 Å². The van der Waals surface area contributed by atoms with Crippen LogP contribution in [0.25, 0.3) is 0 Å². The van der Waals surface area contributed by atoms with E-state index in [0.29, 0.717) is 6.42 Å². The van der Waals surface area contributed by atoms with E-state index in [1.807, 2.05) is 32.9 Å². The summed E-state index contributed by atoms with van der Waals surface area (Å²) >= 11 is 0. The summed E-state index contributed by atoms with van der Waals surface area (Å²) in [4.78, 5) is 11.6. The normalized spacial score (nSPS) is 14.4. The van der Waals surface area contributed by atoms with Gasteiger partial charge in [0.25, 0.3) is 0 Å². The largest absolute Gasteiger partial charge is 0.464 e. The van der Waals surface area contributed by atoms with Crippen molar-refractivity contribution in [2.45, 2.75) is 52.1 Å². The second-order valence-corrected chi connectivity index (χ2v) is 4.61. The molecule has 0 aliphatic heterocycles. The predicted octanol–water partition coefficient (Wildman–Crippen LogP) is 2.28. The van der Waals surface area contributed by atoms with Crippen LogP contribution in [0.3, 0.4) is 0 Å². The molecule has 1 rings (SSSR count). The maximum Gasteiger partial charge on any atom is 0.220 e. The molecule has 2 atom stereocenters. The number of carbonyl (C=O) groups is 1. The van der Waals surface area contributed by atoms with E-state index in [0.717, 1.165) is 24.4 Å². The van der Waals surface area contributed by atoms with Crippen LogP contribution in [0.4, 0.5) is 0 Å². The summed E-state index contributed by atoms with van der Waals surface area (Å²) in [6, 6.07) is 3.87. The quantitative estimate of drug-likeness (QED) is 0.799. The van der Waals surface area contributed by atoms with Gasteiger partial charge in [-0.05, 0) is 45.7 Å². The second-order valence-electron chi connectivity index (χ2n) is 4.61. The van der Waals surface area contributed by atoms with Crippen LogP contribution >= 0.6 is 0 Å². The topological polar surface area (TPSA) is 68.3 Å². The van der Waals surface area contributed by atoms with Crippen LogP contribution in [0.5, 0.6) is 0 Å². The van der Waals surface area contributed by atoms with Gasteiger partial charge in [0.2, 0.25) is 5.91 Å². The van der Waals surface area contributed by atoms with Gasteiger partial charge in [0, 0.05) is 12.5 Å².